The molecule has 0 atom stereocenters. The number of rotatable bonds is 7. The lowest BCUT2D eigenvalue weighted by atomic mass is 9.33. The maximum absolute atomic E-state index is 2.69. The number of aryl methyl sites for hydroxylation is 1. The van der Waals surface area contributed by atoms with E-state index in [-0.39, 0.29) is 28.4 Å². The van der Waals surface area contributed by atoms with Crippen LogP contribution in [0, 0.1) is 6.92 Å². The Bertz CT molecular complexity index is 3580. The molecule has 0 fully saturated rings. The number of benzene rings is 9. The average Bonchev–Trinajstić information content (AvgIpc) is 3.61. The van der Waals surface area contributed by atoms with E-state index in [1.807, 2.05) is 0 Å². The predicted molar refractivity (Wildman–Crippen MR) is 319 cm³/mol. The first-order valence-corrected chi connectivity index (χ1v) is 26.8. The molecule has 0 N–H and O–H groups in total. The number of nitrogens with zero attached hydrogens (tertiary/aromatic N) is 3. The van der Waals surface area contributed by atoms with Crippen LogP contribution in [0.4, 0.5) is 51.2 Å². The molecule has 2 heterocycles. The molecule has 366 valence electrons. The largest absolute Gasteiger partial charge is 0.311 e. The summed E-state index contributed by atoms with van der Waals surface area (Å²) in [6.45, 7) is 26.2. The van der Waals surface area contributed by atoms with Crippen molar-refractivity contribution in [3.63, 3.8) is 0 Å². The molecule has 0 saturated carbocycles. The lowest BCUT2D eigenvalue weighted by Crippen LogP contribution is -2.61. The van der Waals surface area contributed by atoms with Crippen molar-refractivity contribution in [1.82, 2.24) is 0 Å². The molecule has 9 aromatic carbocycles. The summed E-state index contributed by atoms with van der Waals surface area (Å²) in [5, 5.41) is 0. The molecule has 0 saturated heterocycles. The van der Waals surface area contributed by atoms with Gasteiger partial charge in [0.05, 0.1) is 5.69 Å². The monoisotopic (exact) mass is 962 g/mol. The predicted octanol–water partition coefficient (Wildman–Crippen LogP) is 17.4. The Morgan fingerprint density at radius 3 is 1.50 bits per heavy atom. The molecular weight excluding hydrogens is 894 g/mol. The van der Waals surface area contributed by atoms with Crippen LogP contribution in [0.3, 0.4) is 0 Å². The molecule has 3 aliphatic rings. The minimum atomic E-state index is -0.169. The van der Waals surface area contributed by atoms with Gasteiger partial charge in [-0.25, -0.2) is 0 Å². The fourth-order valence-electron chi connectivity index (χ4n) is 12.8. The fraction of sp³-hybridized carbons (Fsp3) is 0.229. The molecule has 0 spiro atoms. The second-order valence-corrected chi connectivity index (χ2v) is 24.6. The molecule has 12 rings (SSSR count). The van der Waals surface area contributed by atoms with E-state index in [4.69, 9.17) is 0 Å². The van der Waals surface area contributed by atoms with E-state index >= 15 is 0 Å². The first-order chi connectivity index (χ1) is 35.4. The fourth-order valence-corrected chi connectivity index (χ4v) is 12.8. The van der Waals surface area contributed by atoms with Crippen molar-refractivity contribution in [3.8, 4) is 22.3 Å². The van der Waals surface area contributed by atoms with Crippen LogP contribution in [0.15, 0.2) is 200 Å². The summed E-state index contributed by atoms with van der Waals surface area (Å²) < 4.78 is 0. The molecule has 0 aromatic heterocycles. The van der Waals surface area contributed by atoms with Gasteiger partial charge in [0.15, 0.2) is 0 Å². The van der Waals surface area contributed by atoms with E-state index in [0.29, 0.717) is 0 Å². The Morgan fingerprint density at radius 1 is 0.405 bits per heavy atom. The van der Waals surface area contributed by atoms with E-state index in [2.05, 4.69) is 291 Å². The zero-order chi connectivity index (χ0) is 51.5. The van der Waals surface area contributed by atoms with E-state index in [9.17, 15) is 0 Å². The zero-order valence-corrected chi connectivity index (χ0v) is 45.2. The zero-order valence-electron chi connectivity index (χ0n) is 45.2. The van der Waals surface area contributed by atoms with Gasteiger partial charge in [-0.2, -0.15) is 0 Å². The Morgan fingerprint density at radius 2 is 0.919 bits per heavy atom. The first kappa shape index (κ1) is 47.4. The van der Waals surface area contributed by atoms with Crippen LogP contribution < -0.4 is 31.1 Å². The molecule has 1 aliphatic carbocycles. The third-order valence-electron chi connectivity index (χ3n) is 16.4. The van der Waals surface area contributed by atoms with Crippen molar-refractivity contribution in [2.75, 3.05) is 14.7 Å². The lowest BCUT2D eigenvalue weighted by Gasteiger charge is -2.46. The normalized spacial score (nSPS) is 15.0. The van der Waals surface area contributed by atoms with Crippen LogP contribution in [0.2, 0.25) is 0 Å². The highest BCUT2D eigenvalue weighted by Gasteiger charge is 2.49. The molecule has 0 unspecified atom stereocenters. The topological polar surface area (TPSA) is 9.72 Å². The standard InChI is InChI=1S/C70H68BN3/c1-46-32-33-49(47-24-16-12-17-25-47)38-62(46)74-61-37-35-54(72(52-28-20-14-21-29-52)53-30-22-15-23-31-53)42-58(61)71-59-43-56-57(70(10,11)45-69(56,8)9)44-63(59)73(64-40-51(68(5,6)7)41-65(74)66(64)71)60-36-34-50(67(2,3)4)39-55(60)48-26-18-13-19-27-48/h12-44H,45H2,1-11H3. The van der Waals surface area contributed by atoms with Gasteiger partial charge in [-0.1, -0.05) is 191 Å². The number of para-hydroxylation sites is 2. The van der Waals surface area contributed by atoms with Gasteiger partial charge in [0.25, 0.3) is 6.71 Å². The third-order valence-corrected chi connectivity index (χ3v) is 16.4. The highest BCUT2D eigenvalue weighted by molar-refractivity contribution is 7.00. The van der Waals surface area contributed by atoms with Gasteiger partial charge in [-0.15, -0.1) is 0 Å². The Kier molecular flexibility index (Phi) is 11.1. The second-order valence-electron chi connectivity index (χ2n) is 24.6. The van der Waals surface area contributed by atoms with Crippen LogP contribution in [0.1, 0.15) is 103 Å². The van der Waals surface area contributed by atoms with Crippen molar-refractivity contribution >= 4 is 74.3 Å². The van der Waals surface area contributed by atoms with Gasteiger partial charge in [-0.05, 0) is 175 Å². The second kappa shape index (κ2) is 17.3. The van der Waals surface area contributed by atoms with Crippen molar-refractivity contribution in [2.45, 2.75) is 104 Å². The maximum atomic E-state index is 2.69. The third kappa shape index (κ3) is 7.88. The molecule has 4 heteroatoms. The molecule has 74 heavy (non-hydrogen) atoms. The Hall–Kier alpha value is -7.56. The summed E-state index contributed by atoms with van der Waals surface area (Å²) in [7, 11) is 0. The molecule has 9 aromatic rings. The smallest absolute Gasteiger partial charge is 0.252 e. The highest BCUT2D eigenvalue weighted by atomic mass is 15.2. The molecule has 0 amide bonds. The van der Waals surface area contributed by atoms with Crippen molar-refractivity contribution < 1.29 is 0 Å². The van der Waals surface area contributed by atoms with Gasteiger partial charge in [0, 0.05) is 51.1 Å². The molecular formula is C70H68BN3. The number of anilines is 9. The molecule has 0 radical (unpaired) electrons. The maximum Gasteiger partial charge on any atom is 0.252 e. The summed E-state index contributed by atoms with van der Waals surface area (Å²) in [6.07, 6.45) is 1.08. The quantitative estimate of drug-likeness (QED) is 0.147. The van der Waals surface area contributed by atoms with Crippen molar-refractivity contribution in [2.24, 2.45) is 0 Å². The minimum Gasteiger partial charge on any atom is -0.311 e. The first-order valence-electron chi connectivity index (χ1n) is 26.8. The van der Waals surface area contributed by atoms with Crippen LogP contribution in [-0.4, -0.2) is 6.71 Å². The van der Waals surface area contributed by atoms with E-state index in [1.165, 1.54) is 101 Å². The summed E-state index contributed by atoms with van der Waals surface area (Å²) in [5.74, 6) is 0. The summed E-state index contributed by atoms with van der Waals surface area (Å²) >= 11 is 0. The summed E-state index contributed by atoms with van der Waals surface area (Å²) in [6, 6.07) is 75.8. The van der Waals surface area contributed by atoms with E-state index < -0.39 is 0 Å². The van der Waals surface area contributed by atoms with Crippen LogP contribution >= 0.6 is 0 Å². The average molecular weight is 962 g/mol. The van der Waals surface area contributed by atoms with Gasteiger partial charge < -0.3 is 14.7 Å². The Labute approximate surface area is 441 Å². The van der Waals surface area contributed by atoms with E-state index in [0.717, 1.165) is 23.5 Å². The summed E-state index contributed by atoms with van der Waals surface area (Å²) in [5.41, 5.74) is 26.0. The van der Waals surface area contributed by atoms with E-state index in [1.54, 1.807) is 0 Å². The van der Waals surface area contributed by atoms with Crippen LogP contribution in [0.5, 0.6) is 0 Å². The van der Waals surface area contributed by atoms with Gasteiger partial charge in [0.1, 0.15) is 0 Å². The van der Waals surface area contributed by atoms with Crippen LogP contribution in [-0.2, 0) is 21.7 Å². The molecule has 2 aliphatic heterocycles. The molecule has 3 nitrogen and oxygen atoms in total. The van der Waals surface area contributed by atoms with Crippen molar-refractivity contribution in [3.05, 3.63) is 228 Å². The Balaban J connectivity index is 1.23. The molecule has 0 bridgehead atoms. The number of fused-ring (bicyclic) bond motifs is 5. The van der Waals surface area contributed by atoms with Gasteiger partial charge >= 0.3 is 0 Å². The highest BCUT2D eigenvalue weighted by Crippen LogP contribution is 2.54. The SMILES string of the molecule is Cc1ccc(-c2ccccc2)cc1N1c2ccc(N(c3ccccc3)c3ccccc3)cc2B2c3cc4c(cc3N(c3ccc(C(C)(C)C)cc3-c3ccccc3)c3cc(C(C)(C)C)cc1c32)C(C)(C)CC4(C)C. The van der Waals surface area contributed by atoms with Crippen LogP contribution in [0.25, 0.3) is 22.3 Å². The number of hydrogen-bond acceptors (Lipinski definition) is 3. The van der Waals surface area contributed by atoms with Gasteiger partial charge in [0.2, 0.25) is 0 Å². The summed E-state index contributed by atoms with van der Waals surface area (Å²) in [4.78, 5) is 7.75. The van der Waals surface area contributed by atoms with Gasteiger partial charge in [-0.3, -0.25) is 0 Å². The lowest BCUT2D eigenvalue weighted by molar-refractivity contribution is 0.403. The number of hydrogen-bond donors (Lipinski definition) is 0. The van der Waals surface area contributed by atoms with Crippen molar-refractivity contribution in [1.29, 1.82) is 0 Å². The minimum absolute atomic E-state index is 0.0146.